The van der Waals surface area contributed by atoms with Crippen LogP contribution in [0.15, 0.2) is 53.4 Å². The second kappa shape index (κ2) is 8.35. The first-order valence-corrected chi connectivity index (χ1v) is 11.1. The predicted molar refractivity (Wildman–Crippen MR) is 111 cm³/mol. The minimum atomic E-state index is -3.24. The van der Waals surface area contributed by atoms with Crippen molar-refractivity contribution >= 4 is 15.7 Å². The summed E-state index contributed by atoms with van der Waals surface area (Å²) in [5.74, 6) is 0.403. The van der Waals surface area contributed by atoms with Crippen molar-refractivity contribution in [2.45, 2.75) is 57.1 Å². The van der Waals surface area contributed by atoms with E-state index in [0.29, 0.717) is 5.75 Å². The second-order valence-corrected chi connectivity index (χ2v) is 10.1. The lowest BCUT2D eigenvalue weighted by atomic mass is 9.87. The van der Waals surface area contributed by atoms with E-state index in [1.165, 1.54) is 11.8 Å². The molecule has 1 N–H and O–H groups in total. The summed E-state index contributed by atoms with van der Waals surface area (Å²) in [5.41, 5.74) is 2.08. The summed E-state index contributed by atoms with van der Waals surface area (Å²) in [6.07, 6.45) is 0.513. The van der Waals surface area contributed by atoms with Crippen molar-refractivity contribution in [3.63, 3.8) is 0 Å². The average molecular weight is 404 g/mol. The van der Waals surface area contributed by atoms with E-state index < -0.39 is 15.9 Å². The molecule has 2 aromatic carbocycles. The lowest BCUT2D eigenvalue weighted by molar-refractivity contribution is -0.127. The minimum absolute atomic E-state index is 0.0591. The number of hydrogen-bond donors (Lipinski definition) is 1. The first kappa shape index (κ1) is 22.0. The van der Waals surface area contributed by atoms with Gasteiger partial charge in [0, 0.05) is 6.26 Å². The molecule has 6 heteroatoms. The van der Waals surface area contributed by atoms with Crippen LogP contribution in [0.2, 0.25) is 0 Å². The number of sulfone groups is 1. The molecule has 2 aromatic rings. The number of nitrogens with one attached hydrogen (secondary N) is 1. The van der Waals surface area contributed by atoms with E-state index in [1.54, 1.807) is 31.2 Å². The van der Waals surface area contributed by atoms with Crippen molar-refractivity contribution in [1.82, 2.24) is 5.32 Å². The Balaban J connectivity index is 1.98. The molecule has 0 bridgehead atoms. The number of carbonyl (C=O) groups excluding carboxylic acids is 1. The molecule has 0 unspecified atom stereocenters. The zero-order valence-corrected chi connectivity index (χ0v) is 18.1. The topological polar surface area (TPSA) is 72.5 Å². The lowest BCUT2D eigenvalue weighted by Gasteiger charge is -2.21. The molecule has 0 heterocycles. The second-order valence-electron chi connectivity index (χ2n) is 8.11. The van der Waals surface area contributed by atoms with E-state index in [-0.39, 0.29) is 22.3 Å². The molecule has 0 radical (unpaired) electrons. The number of hydrogen-bond acceptors (Lipinski definition) is 4. The summed E-state index contributed by atoms with van der Waals surface area (Å²) in [7, 11) is -3.24. The molecule has 0 aliphatic rings. The molecule has 152 valence electrons. The summed E-state index contributed by atoms with van der Waals surface area (Å²) in [6, 6.07) is 14.0. The van der Waals surface area contributed by atoms with Crippen LogP contribution < -0.4 is 10.1 Å². The SMILES string of the molecule is C[C@H](NC(=O)[C@@H](C)Oc1ccc(C(C)(C)C)cc1)c1ccc(S(C)(=O)=O)cc1. The number of amides is 1. The molecule has 1 amide bonds. The molecule has 0 aromatic heterocycles. The molecule has 5 nitrogen and oxygen atoms in total. The minimum Gasteiger partial charge on any atom is -0.481 e. The van der Waals surface area contributed by atoms with Gasteiger partial charge in [-0.1, -0.05) is 45.0 Å². The monoisotopic (exact) mass is 403 g/mol. The molecule has 2 rings (SSSR count). The standard InChI is InChI=1S/C22H29NO4S/c1-15(17-7-13-20(14-8-17)28(6,25)26)23-21(24)16(2)27-19-11-9-18(10-12-19)22(3,4)5/h7-16H,1-6H3,(H,23,24)/t15-,16+/m0/s1. The van der Waals surface area contributed by atoms with Gasteiger partial charge in [-0.25, -0.2) is 8.42 Å². The highest BCUT2D eigenvalue weighted by Gasteiger charge is 2.19. The zero-order valence-electron chi connectivity index (χ0n) is 17.3. The Kier molecular flexibility index (Phi) is 6.55. The van der Waals surface area contributed by atoms with Gasteiger partial charge in [0.1, 0.15) is 5.75 Å². The Labute approximate surface area is 168 Å². The summed E-state index contributed by atoms with van der Waals surface area (Å²) in [6.45, 7) is 9.97. The third kappa shape index (κ3) is 5.83. The van der Waals surface area contributed by atoms with Gasteiger partial charge in [0.15, 0.2) is 15.9 Å². The van der Waals surface area contributed by atoms with Gasteiger partial charge in [0.05, 0.1) is 10.9 Å². The van der Waals surface area contributed by atoms with Crippen LogP contribution >= 0.6 is 0 Å². The number of benzene rings is 2. The third-order valence-electron chi connectivity index (χ3n) is 4.57. The molecule has 0 fully saturated rings. The first-order valence-electron chi connectivity index (χ1n) is 9.25. The Morgan fingerprint density at radius 2 is 1.50 bits per heavy atom. The van der Waals surface area contributed by atoms with E-state index >= 15 is 0 Å². The van der Waals surface area contributed by atoms with Crippen molar-refractivity contribution in [3.8, 4) is 5.75 Å². The largest absolute Gasteiger partial charge is 0.481 e. The van der Waals surface area contributed by atoms with Gasteiger partial charge in [-0.15, -0.1) is 0 Å². The highest BCUT2D eigenvalue weighted by molar-refractivity contribution is 7.90. The number of rotatable bonds is 6. The average Bonchev–Trinajstić information content (AvgIpc) is 2.60. The Bertz CT molecular complexity index is 911. The fourth-order valence-corrected chi connectivity index (χ4v) is 3.34. The van der Waals surface area contributed by atoms with Crippen molar-refractivity contribution < 1.29 is 17.9 Å². The number of carbonyl (C=O) groups is 1. The van der Waals surface area contributed by atoms with Gasteiger partial charge in [0.25, 0.3) is 5.91 Å². The van der Waals surface area contributed by atoms with E-state index in [0.717, 1.165) is 5.56 Å². The maximum Gasteiger partial charge on any atom is 0.261 e. The molecule has 2 atom stereocenters. The molecular formula is C22H29NO4S. The highest BCUT2D eigenvalue weighted by Crippen LogP contribution is 2.25. The zero-order chi connectivity index (χ0) is 21.1. The van der Waals surface area contributed by atoms with Crippen molar-refractivity contribution in [1.29, 1.82) is 0 Å². The van der Waals surface area contributed by atoms with Crippen LogP contribution in [0.5, 0.6) is 5.75 Å². The molecule has 0 saturated heterocycles. The molecule has 0 saturated carbocycles. The fourth-order valence-electron chi connectivity index (χ4n) is 2.71. The maximum absolute atomic E-state index is 12.5. The van der Waals surface area contributed by atoms with Gasteiger partial charge in [-0.05, 0) is 54.7 Å². The van der Waals surface area contributed by atoms with Gasteiger partial charge in [0.2, 0.25) is 0 Å². The smallest absolute Gasteiger partial charge is 0.261 e. The Morgan fingerprint density at radius 3 is 1.96 bits per heavy atom. The highest BCUT2D eigenvalue weighted by atomic mass is 32.2. The van der Waals surface area contributed by atoms with Gasteiger partial charge in [-0.3, -0.25) is 4.79 Å². The predicted octanol–water partition coefficient (Wildman–Crippen LogP) is 4.03. The molecule has 0 aliphatic heterocycles. The van der Waals surface area contributed by atoms with Crippen molar-refractivity contribution in [2.75, 3.05) is 6.26 Å². The molecule has 0 spiro atoms. The van der Waals surface area contributed by atoms with Gasteiger partial charge >= 0.3 is 0 Å². The van der Waals surface area contributed by atoms with E-state index in [2.05, 4.69) is 26.1 Å². The summed E-state index contributed by atoms with van der Waals surface area (Å²) >= 11 is 0. The first-order chi connectivity index (χ1) is 12.9. The molecular weight excluding hydrogens is 374 g/mol. The van der Waals surface area contributed by atoms with Crippen LogP contribution in [-0.4, -0.2) is 26.7 Å². The summed E-state index contributed by atoms with van der Waals surface area (Å²) in [4.78, 5) is 12.7. The summed E-state index contributed by atoms with van der Waals surface area (Å²) < 4.78 is 28.8. The van der Waals surface area contributed by atoms with Crippen LogP contribution in [0.1, 0.15) is 51.8 Å². The maximum atomic E-state index is 12.5. The van der Waals surface area contributed by atoms with Gasteiger partial charge < -0.3 is 10.1 Å². The van der Waals surface area contributed by atoms with E-state index in [1.807, 2.05) is 31.2 Å². The van der Waals surface area contributed by atoms with Crippen LogP contribution in [0, 0.1) is 0 Å². The number of ether oxygens (including phenoxy) is 1. The lowest BCUT2D eigenvalue weighted by Crippen LogP contribution is -2.37. The Hall–Kier alpha value is -2.34. The Morgan fingerprint density at radius 1 is 0.964 bits per heavy atom. The van der Waals surface area contributed by atoms with E-state index in [9.17, 15) is 13.2 Å². The normalized spacial score (nSPS) is 14.2. The third-order valence-corrected chi connectivity index (χ3v) is 5.70. The van der Waals surface area contributed by atoms with Crippen molar-refractivity contribution in [3.05, 3.63) is 59.7 Å². The van der Waals surface area contributed by atoms with Crippen molar-refractivity contribution in [2.24, 2.45) is 0 Å². The molecule has 28 heavy (non-hydrogen) atoms. The fraction of sp³-hybridized carbons (Fsp3) is 0.409. The van der Waals surface area contributed by atoms with Gasteiger partial charge in [-0.2, -0.15) is 0 Å². The summed E-state index contributed by atoms with van der Waals surface area (Å²) in [5, 5.41) is 2.90. The quantitative estimate of drug-likeness (QED) is 0.790. The van der Waals surface area contributed by atoms with Crippen LogP contribution in [-0.2, 0) is 20.0 Å². The van der Waals surface area contributed by atoms with Crippen LogP contribution in [0.25, 0.3) is 0 Å². The molecule has 0 aliphatic carbocycles. The van der Waals surface area contributed by atoms with E-state index in [4.69, 9.17) is 4.74 Å². The van der Waals surface area contributed by atoms with Crippen LogP contribution in [0.3, 0.4) is 0 Å². The van der Waals surface area contributed by atoms with Crippen LogP contribution in [0.4, 0.5) is 0 Å².